The van der Waals surface area contributed by atoms with Crippen molar-refractivity contribution in [1.29, 1.82) is 0 Å². The lowest BCUT2D eigenvalue weighted by molar-refractivity contribution is -0.384. The molecule has 190 valence electrons. The highest BCUT2D eigenvalue weighted by Crippen LogP contribution is 2.34. The maximum atomic E-state index is 12.8. The summed E-state index contributed by atoms with van der Waals surface area (Å²) in [5, 5.41) is 20.5. The van der Waals surface area contributed by atoms with Crippen LogP contribution in [0.15, 0.2) is 42.5 Å². The number of carbonyl (C=O) groups excluding carboxylic acids is 1. The Morgan fingerprint density at radius 3 is 2.20 bits per heavy atom. The lowest BCUT2D eigenvalue weighted by Gasteiger charge is -2.27. The molecule has 2 amide bonds. The standard InChI is InChI=1S/C25H33N3O7/c1-6-7-8-9-16-27(24(31)35-25(2,3)4)18-10-12-19(13-11-18)34-20-14-15-21(28(32)33)22(17-20)26(5)23(29)30/h10-15,17H,6-9,16H2,1-5H3,(H,29,30). The molecule has 10 nitrogen and oxygen atoms in total. The molecule has 0 bridgehead atoms. The summed E-state index contributed by atoms with van der Waals surface area (Å²) in [6.45, 7) is 8.09. The van der Waals surface area contributed by atoms with E-state index in [1.54, 1.807) is 29.2 Å². The highest BCUT2D eigenvalue weighted by molar-refractivity contribution is 5.89. The van der Waals surface area contributed by atoms with E-state index >= 15 is 0 Å². The van der Waals surface area contributed by atoms with E-state index in [-0.39, 0.29) is 17.1 Å². The Morgan fingerprint density at radius 1 is 1.03 bits per heavy atom. The molecule has 2 aromatic carbocycles. The van der Waals surface area contributed by atoms with Gasteiger partial charge in [0.25, 0.3) is 5.69 Å². The van der Waals surface area contributed by atoms with Crippen LogP contribution in [0, 0.1) is 10.1 Å². The number of hydrogen-bond donors (Lipinski definition) is 1. The van der Waals surface area contributed by atoms with Crippen LogP contribution in [-0.4, -0.2) is 41.4 Å². The molecule has 1 N–H and O–H groups in total. The van der Waals surface area contributed by atoms with Gasteiger partial charge in [-0.3, -0.25) is 19.9 Å². The molecule has 2 rings (SSSR count). The molecule has 0 atom stereocenters. The summed E-state index contributed by atoms with van der Waals surface area (Å²) < 4.78 is 11.4. The predicted molar refractivity (Wildman–Crippen MR) is 134 cm³/mol. The molecule has 0 aliphatic heterocycles. The van der Waals surface area contributed by atoms with Gasteiger partial charge in [-0.1, -0.05) is 26.2 Å². The molecule has 0 saturated heterocycles. The lowest BCUT2D eigenvalue weighted by Crippen LogP contribution is -2.37. The van der Waals surface area contributed by atoms with Crippen LogP contribution in [0.4, 0.5) is 26.7 Å². The number of anilines is 2. The molecule has 0 aromatic heterocycles. The molecular weight excluding hydrogens is 454 g/mol. The summed E-state index contributed by atoms with van der Waals surface area (Å²) in [6, 6.07) is 10.7. The molecule has 10 heteroatoms. The third-order valence-corrected chi connectivity index (χ3v) is 5.03. The van der Waals surface area contributed by atoms with Gasteiger partial charge in [0, 0.05) is 31.4 Å². The monoisotopic (exact) mass is 487 g/mol. The molecule has 0 saturated carbocycles. The first kappa shape index (κ1) is 27.4. The van der Waals surface area contributed by atoms with Crippen LogP contribution >= 0.6 is 0 Å². The summed E-state index contributed by atoms with van der Waals surface area (Å²) >= 11 is 0. The second-order valence-electron chi connectivity index (χ2n) is 9.04. The number of nitro groups is 1. The van der Waals surface area contributed by atoms with E-state index in [0.29, 0.717) is 18.0 Å². The Labute approximate surface area is 205 Å². The number of rotatable bonds is 10. The Balaban J connectivity index is 2.24. The molecule has 0 fully saturated rings. The minimum absolute atomic E-state index is 0.111. The molecule has 0 spiro atoms. The normalized spacial score (nSPS) is 11.0. The van der Waals surface area contributed by atoms with E-state index in [9.17, 15) is 24.8 Å². The van der Waals surface area contributed by atoms with E-state index in [0.717, 1.165) is 30.6 Å². The maximum Gasteiger partial charge on any atom is 0.414 e. The van der Waals surface area contributed by atoms with Gasteiger partial charge in [-0.25, -0.2) is 9.59 Å². The van der Waals surface area contributed by atoms with Gasteiger partial charge in [0.15, 0.2) is 0 Å². The van der Waals surface area contributed by atoms with Crippen molar-refractivity contribution in [3.63, 3.8) is 0 Å². The van der Waals surface area contributed by atoms with Crippen molar-refractivity contribution in [2.75, 3.05) is 23.4 Å². The zero-order valence-corrected chi connectivity index (χ0v) is 20.8. The number of carboxylic acid groups (broad SMARTS) is 1. The molecule has 35 heavy (non-hydrogen) atoms. The van der Waals surface area contributed by atoms with Crippen molar-refractivity contribution in [2.45, 2.75) is 59.0 Å². The second kappa shape index (κ2) is 12.0. The van der Waals surface area contributed by atoms with Crippen molar-refractivity contribution < 1.29 is 29.1 Å². The van der Waals surface area contributed by atoms with Gasteiger partial charge >= 0.3 is 12.2 Å². The van der Waals surface area contributed by atoms with E-state index in [1.165, 1.54) is 25.2 Å². The van der Waals surface area contributed by atoms with Crippen molar-refractivity contribution in [2.24, 2.45) is 0 Å². The van der Waals surface area contributed by atoms with Crippen molar-refractivity contribution in [3.8, 4) is 11.5 Å². The number of ether oxygens (including phenoxy) is 2. The Hall–Kier alpha value is -3.82. The number of amides is 2. The fourth-order valence-corrected chi connectivity index (χ4v) is 3.26. The zero-order valence-electron chi connectivity index (χ0n) is 20.8. The third-order valence-electron chi connectivity index (χ3n) is 5.03. The summed E-state index contributed by atoms with van der Waals surface area (Å²) in [6.07, 6.45) is 2.25. The molecule has 2 aromatic rings. The van der Waals surface area contributed by atoms with E-state index in [4.69, 9.17) is 9.47 Å². The quantitative estimate of drug-likeness (QED) is 0.221. The minimum atomic E-state index is -1.34. The van der Waals surface area contributed by atoms with Gasteiger partial charge in [0.1, 0.15) is 22.8 Å². The number of hydrogen-bond acceptors (Lipinski definition) is 6. The molecular formula is C25H33N3O7. The number of benzene rings is 2. The van der Waals surface area contributed by atoms with Crippen molar-refractivity contribution in [1.82, 2.24) is 0 Å². The maximum absolute atomic E-state index is 12.8. The molecule has 0 unspecified atom stereocenters. The van der Waals surface area contributed by atoms with E-state index in [1.807, 2.05) is 20.8 Å². The Bertz CT molecular complexity index is 1030. The van der Waals surface area contributed by atoms with E-state index < -0.39 is 22.7 Å². The van der Waals surface area contributed by atoms with Crippen LogP contribution in [0.3, 0.4) is 0 Å². The first-order chi connectivity index (χ1) is 16.4. The Kier molecular flexibility index (Phi) is 9.44. The first-order valence-electron chi connectivity index (χ1n) is 11.5. The van der Waals surface area contributed by atoms with Crippen LogP contribution in [0.2, 0.25) is 0 Å². The number of nitrogens with zero attached hydrogens (tertiary/aromatic N) is 3. The molecule has 0 aliphatic carbocycles. The van der Waals surface area contributed by atoms with Crippen LogP contribution in [0.25, 0.3) is 0 Å². The summed E-state index contributed by atoms with van der Waals surface area (Å²) in [7, 11) is 1.22. The largest absolute Gasteiger partial charge is 0.465 e. The van der Waals surface area contributed by atoms with Gasteiger partial charge in [-0.2, -0.15) is 0 Å². The highest BCUT2D eigenvalue weighted by atomic mass is 16.6. The van der Waals surface area contributed by atoms with Gasteiger partial charge < -0.3 is 14.6 Å². The minimum Gasteiger partial charge on any atom is -0.465 e. The number of carbonyl (C=O) groups is 2. The smallest absolute Gasteiger partial charge is 0.414 e. The average Bonchev–Trinajstić information content (AvgIpc) is 2.78. The van der Waals surface area contributed by atoms with Crippen LogP contribution in [-0.2, 0) is 4.74 Å². The zero-order chi connectivity index (χ0) is 26.2. The number of unbranched alkanes of at least 4 members (excludes halogenated alkanes) is 3. The summed E-state index contributed by atoms with van der Waals surface area (Å²) in [5.74, 6) is 0.650. The predicted octanol–water partition coefficient (Wildman–Crippen LogP) is 6.82. The topological polar surface area (TPSA) is 122 Å². The van der Waals surface area contributed by atoms with E-state index in [2.05, 4.69) is 6.92 Å². The SMILES string of the molecule is CCCCCCN(C(=O)OC(C)(C)C)c1ccc(Oc2ccc([N+](=O)[O-])c(N(C)C(=O)O)c2)cc1. The van der Waals surface area contributed by atoms with Crippen LogP contribution in [0.1, 0.15) is 53.4 Å². The van der Waals surface area contributed by atoms with Gasteiger partial charge in [0.2, 0.25) is 0 Å². The Morgan fingerprint density at radius 2 is 1.66 bits per heavy atom. The van der Waals surface area contributed by atoms with Crippen molar-refractivity contribution >= 4 is 29.2 Å². The number of nitro benzene ring substituents is 1. The highest BCUT2D eigenvalue weighted by Gasteiger charge is 2.24. The van der Waals surface area contributed by atoms with Crippen LogP contribution in [0.5, 0.6) is 11.5 Å². The molecule has 0 aliphatic rings. The fourth-order valence-electron chi connectivity index (χ4n) is 3.26. The summed E-state index contributed by atoms with van der Waals surface area (Å²) in [4.78, 5) is 37.1. The molecule has 0 radical (unpaired) electrons. The second-order valence-corrected chi connectivity index (χ2v) is 9.04. The van der Waals surface area contributed by atoms with Crippen molar-refractivity contribution in [3.05, 3.63) is 52.6 Å². The van der Waals surface area contributed by atoms with Crippen LogP contribution < -0.4 is 14.5 Å². The third kappa shape index (κ3) is 8.16. The summed E-state index contributed by atoms with van der Waals surface area (Å²) in [5.41, 5.74) is -0.440. The van der Waals surface area contributed by atoms with Gasteiger partial charge in [-0.05, 0) is 57.5 Å². The average molecular weight is 488 g/mol. The fraction of sp³-hybridized carbons (Fsp3) is 0.440. The van der Waals surface area contributed by atoms with Gasteiger partial charge in [-0.15, -0.1) is 0 Å². The first-order valence-corrected chi connectivity index (χ1v) is 11.5. The lowest BCUT2D eigenvalue weighted by atomic mass is 10.2. The van der Waals surface area contributed by atoms with Gasteiger partial charge in [0.05, 0.1) is 4.92 Å². The molecule has 0 heterocycles.